The molecule has 0 saturated carbocycles. The third-order valence-corrected chi connectivity index (χ3v) is 6.11. The Labute approximate surface area is 198 Å². The molecule has 4 aromatic rings. The molecule has 1 aromatic carbocycles. The summed E-state index contributed by atoms with van der Waals surface area (Å²) in [5.41, 5.74) is 7.98. The van der Waals surface area contributed by atoms with E-state index in [0.717, 1.165) is 19.6 Å². The highest BCUT2D eigenvalue weighted by molar-refractivity contribution is 5.60. The summed E-state index contributed by atoms with van der Waals surface area (Å²) in [6.45, 7) is 13.9. The van der Waals surface area contributed by atoms with E-state index >= 15 is 0 Å². The first kappa shape index (κ1) is 22.8. The number of benzene rings is 1. The van der Waals surface area contributed by atoms with Crippen LogP contribution in [-0.2, 0) is 25.0 Å². The lowest BCUT2D eigenvalue weighted by molar-refractivity contribution is -0.778. The van der Waals surface area contributed by atoms with E-state index in [0.29, 0.717) is 0 Å². The van der Waals surface area contributed by atoms with E-state index in [9.17, 15) is 0 Å². The van der Waals surface area contributed by atoms with Crippen molar-refractivity contribution in [1.82, 2.24) is 0 Å². The van der Waals surface area contributed by atoms with Gasteiger partial charge in [0.2, 0.25) is 13.1 Å². The molecule has 3 heteroatoms. The molecule has 0 aliphatic heterocycles. The largest absolute Gasteiger partial charge is 0.206 e. The Morgan fingerprint density at radius 3 is 1.61 bits per heavy atom. The SMILES string of the molecule is Cc1cc(C)c[n+](CC[n+]2ccc(-c3cc[n+](Cc4ccc(C(C)(C)C)cc4)cc3)cc2)c1. The van der Waals surface area contributed by atoms with E-state index in [4.69, 9.17) is 0 Å². The number of pyridine rings is 3. The molecule has 33 heavy (non-hydrogen) atoms. The minimum absolute atomic E-state index is 0.194. The van der Waals surface area contributed by atoms with Gasteiger partial charge in [-0.05, 0) is 42.0 Å². The second-order valence-electron chi connectivity index (χ2n) is 10.2. The zero-order valence-electron chi connectivity index (χ0n) is 20.6. The zero-order valence-corrected chi connectivity index (χ0v) is 20.6. The van der Waals surface area contributed by atoms with Crippen molar-refractivity contribution < 1.29 is 13.7 Å². The van der Waals surface area contributed by atoms with E-state index in [1.807, 2.05) is 0 Å². The number of rotatable bonds is 6. The van der Waals surface area contributed by atoms with E-state index < -0.39 is 0 Å². The normalized spacial score (nSPS) is 11.5. The molecule has 3 aromatic heterocycles. The van der Waals surface area contributed by atoms with E-state index in [-0.39, 0.29) is 5.41 Å². The highest BCUT2D eigenvalue weighted by Crippen LogP contribution is 2.22. The maximum atomic E-state index is 2.28. The molecule has 0 N–H and O–H groups in total. The first-order chi connectivity index (χ1) is 15.8. The van der Waals surface area contributed by atoms with Crippen molar-refractivity contribution in [1.29, 1.82) is 0 Å². The van der Waals surface area contributed by atoms with Gasteiger partial charge in [0, 0.05) is 41.0 Å². The fraction of sp³-hybridized carbons (Fsp3) is 0.300. The highest BCUT2D eigenvalue weighted by Gasteiger charge is 2.14. The second-order valence-corrected chi connectivity index (χ2v) is 10.2. The average molecular weight is 439 g/mol. The smallest absolute Gasteiger partial charge is 0.201 e. The lowest BCUT2D eigenvalue weighted by Gasteiger charge is -2.18. The molecule has 4 rings (SSSR count). The molecule has 0 radical (unpaired) electrons. The fourth-order valence-electron chi connectivity index (χ4n) is 4.23. The quantitative estimate of drug-likeness (QED) is 0.380. The van der Waals surface area contributed by atoms with E-state index in [1.54, 1.807) is 0 Å². The number of aryl methyl sites for hydroxylation is 4. The molecule has 0 aliphatic rings. The van der Waals surface area contributed by atoms with Crippen LogP contribution in [0.4, 0.5) is 0 Å². The van der Waals surface area contributed by atoms with Crippen molar-refractivity contribution in [3.63, 3.8) is 0 Å². The molecule has 0 saturated heterocycles. The topological polar surface area (TPSA) is 11.6 Å². The predicted molar refractivity (Wildman–Crippen MR) is 133 cm³/mol. The fourth-order valence-corrected chi connectivity index (χ4v) is 4.23. The number of hydrogen-bond acceptors (Lipinski definition) is 0. The lowest BCUT2D eigenvalue weighted by Crippen LogP contribution is -2.44. The minimum atomic E-state index is 0.194. The van der Waals surface area contributed by atoms with Crippen molar-refractivity contribution in [3.05, 3.63) is 114 Å². The van der Waals surface area contributed by atoms with Crippen LogP contribution in [0, 0.1) is 13.8 Å². The van der Waals surface area contributed by atoms with Gasteiger partial charge in [-0.25, -0.2) is 4.57 Å². The van der Waals surface area contributed by atoms with Gasteiger partial charge in [0.25, 0.3) is 0 Å². The molecule has 168 valence electrons. The minimum Gasteiger partial charge on any atom is -0.201 e. The van der Waals surface area contributed by atoms with Crippen molar-refractivity contribution in [3.8, 4) is 11.1 Å². The van der Waals surface area contributed by atoms with E-state index in [1.165, 1.54) is 33.4 Å². The van der Waals surface area contributed by atoms with Crippen LogP contribution in [0.25, 0.3) is 11.1 Å². The summed E-state index contributed by atoms with van der Waals surface area (Å²) in [4.78, 5) is 0. The van der Waals surface area contributed by atoms with Gasteiger partial charge in [-0.15, -0.1) is 0 Å². The third kappa shape index (κ3) is 6.13. The van der Waals surface area contributed by atoms with E-state index in [2.05, 4.69) is 140 Å². The van der Waals surface area contributed by atoms with Gasteiger partial charge >= 0.3 is 0 Å². The second kappa shape index (κ2) is 9.66. The van der Waals surface area contributed by atoms with Crippen LogP contribution < -0.4 is 13.7 Å². The van der Waals surface area contributed by atoms with Gasteiger partial charge in [0.1, 0.15) is 0 Å². The number of nitrogens with zero attached hydrogens (tertiary/aromatic N) is 3. The maximum absolute atomic E-state index is 2.28. The maximum Gasteiger partial charge on any atom is 0.206 e. The summed E-state index contributed by atoms with van der Waals surface area (Å²) >= 11 is 0. The van der Waals surface area contributed by atoms with Gasteiger partial charge in [0.15, 0.2) is 43.7 Å². The van der Waals surface area contributed by atoms with Crippen LogP contribution >= 0.6 is 0 Å². The molecular weight excluding hydrogens is 402 g/mol. The summed E-state index contributed by atoms with van der Waals surface area (Å²) in [5.74, 6) is 0. The Bertz CT molecular complexity index is 1180. The van der Waals surface area contributed by atoms with Gasteiger partial charge in [-0.1, -0.05) is 45.0 Å². The predicted octanol–water partition coefficient (Wildman–Crippen LogP) is 4.88. The summed E-state index contributed by atoms with van der Waals surface area (Å²) < 4.78 is 6.76. The Kier molecular flexibility index (Phi) is 6.69. The first-order valence-corrected chi connectivity index (χ1v) is 11.8. The Morgan fingerprint density at radius 2 is 1.09 bits per heavy atom. The number of hydrogen-bond donors (Lipinski definition) is 0. The van der Waals surface area contributed by atoms with Gasteiger partial charge in [0.05, 0.1) is 0 Å². The van der Waals surface area contributed by atoms with Crippen LogP contribution in [0.5, 0.6) is 0 Å². The van der Waals surface area contributed by atoms with Crippen LogP contribution in [0.3, 0.4) is 0 Å². The van der Waals surface area contributed by atoms with Gasteiger partial charge in [-0.2, -0.15) is 9.13 Å². The molecular formula is C30H36N3+3. The van der Waals surface area contributed by atoms with Crippen molar-refractivity contribution in [2.45, 2.75) is 59.7 Å². The van der Waals surface area contributed by atoms with Crippen LogP contribution in [0.1, 0.15) is 43.0 Å². The zero-order chi connectivity index (χ0) is 23.4. The molecule has 3 nitrogen and oxygen atoms in total. The van der Waals surface area contributed by atoms with Crippen molar-refractivity contribution in [2.75, 3.05) is 0 Å². The standard InChI is InChI=1S/C30H36N3/c1-24-20-25(2)22-33(21-24)19-18-31-14-10-27(11-15-31)28-12-16-32(17-13-28)23-26-6-8-29(9-7-26)30(3,4)5/h6-17,20-22H,18-19,23H2,1-5H3/q+3. The Hall–Kier alpha value is -3.33. The summed E-state index contributed by atoms with van der Waals surface area (Å²) in [5, 5.41) is 0. The van der Waals surface area contributed by atoms with Gasteiger partial charge in [-0.3, -0.25) is 0 Å². The average Bonchev–Trinajstić information content (AvgIpc) is 2.78. The van der Waals surface area contributed by atoms with Crippen molar-refractivity contribution in [2.24, 2.45) is 0 Å². The molecule has 0 bridgehead atoms. The molecule has 0 aliphatic carbocycles. The molecule has 0 fully saturated rings. The lowest BCUT2D eigenvalue weighted by atomic mass is 9.87. The third-order valence-electron chi connectivity index (χ3n) is 6.11. The molecule has 0 amide bonds. The van der Waals surface area contributed by atoms with Crippen LogP contribution in [0.2, 0.25) is 0 Å². The summed E-state index contributed by atoms with van der Waals surface area (Å²) in [7, 11) is 0. The molecule has 0 atom stereocenters. The van der Waals surface area contributed by atoms with Crippen molar-refractivity contribution >= 4 is 0 Å². The first-order valence-electron chi connectivity index (χ1n) is 11.8. The molecule has 0 spiro atoms. The Balaban J connectivity index is 1.37. The van der Waals surface area contributed by atoms with Gasteiger partial charge < -0.3 is 0 Å². The summed E-state index contributed by atoms with van der Waals surface area (Å²) in [6.07, 6.45) is 13.1. The summed E-state index contributed by atoms with van der Waals surface area (Å²) in [6, 6.07) is 20.0. The number of aromatic nitrogens is 3. The highest BCUT2D eigenvalue weighted by atomic mass is 15.0. The monoisotopic (exact) mass is 438 g/mol. The van der Waals surface area contributed by atoms with Crippen LogP contribution in [-0.4, -0.2) is 0 Å². The Morgan fingerprint density at radius 1 is 0.606 bits per heavy atom. The molecule has 3 heterocycles. The molecule has 0 unspecified atom stereocenters. The van der Waals surface area contributed by atoms with Crippen LogP contribution in [0.15, 0.2) is 91.8 Å².